The zero-order valence-electron chi connectivity index (χ0n) is 25.9. The predicted molar refractivity (Wildman–Crippen MR) is 175 cm³/mol. The second-order valence-corrected chi connectivity index (χ2v) is 16.4. The van der Waals surface area contributed by atoms with Crippen LogP contribution in [0.4, 0.5) is 5.82 Å². The molecule has 1 aliphatic heterocycles. The fourth-order valence-electron chi connectivity index (χ4n) is 5.84. The number of ether oxygens (including phenoxy) is 1. The highest BCUT2D eigenvalue weighted by Crippen LogP contribution is 2.39. The van der Waals surface area contributed by atoms with Crippen LogP contribution in [0.3, 0.4) is 0 Å². The quantitative estimate of drug-likeness (QED) is 0.138. The van der Waals surface area contributed by atoms with Gasteiger partial charge in [-0.25, -0.2) is 15.0 Å². The maximum absolute atomic E-state index is 11.3. The first-order chi connectivity index (χ1) is 20.7. The monoisotopic (exact) mass is 595 g/mol. The first-order valence-corrected chi connectivity index (χ1v) is 16.7. The summed E-state index contributed by atoms with van der Waals surface area (Å²) in [5, 5.41) is 14.3. The molecule has 0 bridgehead atoms. The van der Waals surface area contributed by atoms with Gasteiger partial charge in [0, 0.05) is 33.1 Å². The Hall–Kier alpha value is -3.81. The highest BCUT2D eigenvalue weighted by atomic mass is 28.4. The van der Waals surface area contributed by atoms with Gasteiger partial charge in [0.1, 0.15) is 24.3 Å². The van der Waals surface area contributed by atoms with Crippen LogP contribution in [0.25, 0.3) is 11.0 Å². The van der Waals surface area contributed by atoms with E-state index >= 15 is 0 Å². The molecule has 0 spiro atoms. The minimum absolute atomic E-state index is 0.178. The molecule has 2 aromatic carbocycles. The minimum atomic E-state index is -2.78. The van der Waals surface area contributed by atoms with E-state index in [-0.39, 0.29) is 11.6 Å². The van der Waals surface area contributed by atoms with Crippen molar-refractivity contribution in [1.82, 2.24) is 19.4 Å². The lowest BCUT2D eigenvalue weighted by molar-refractivity contribution is -0.0397. The molecule has 1 aliphatic rings. The van der Waals surface area contributed by atoms with Crippen molar-refractivity contribution in [3.63, 3.8) is 0 Å². The van der Waals surface area contributed by atoms with Crippen molar-refractivity contribution in [1.29, 1.82) is 0 Å². The van der Waals surface area contributed by atoms with Gasteiger partial charge >= 0.3 is 0 Å². The van der Waals surface area contributed by atoms with Gasteiger partial charge in [-0.3, -0.25) is 0 Å². The summed E-state index contributed by atoms with van der Waals surface area (Å²) in [7, 11) is 1.04. The molecule has 1 N–H and O–H groups in total. The van der Waals surface area contributed by atoms with E-state index in [1.165, 1.54) is 16.7 Å². The Labute approximate surface area is 255 Å². The number of benzene rings is 2. The summed E-state index contributed by atoms with van der Waals surface area (Å²) in [6.45, 7) is 9.01. The topological polar surface area (TPSA) is 85.0 Å². The number of nitrogens with zero attached hydrogens (tertiary/aromatic N) is 5. The highest BCUT2D eigenvalue weighted by Gasteiger charge is 2.51. The van der Waals surface area contributed by atoms with E-state index in [0.29, 0.717) is 17.9 Å². The fraction of sp³-hybridized carbons (Fsp3) is 0.382. The Bertz CT molecular complexity index is 1580. The van der Waals surface area contributed by atoms with Gasteiger partial charge in [-0.2, -0.15) is 0 Å². The SMILES string of the molecule is CCC#Cc1cn(C2CC(O)C(CO[Si](c3ccccc3)(c3ccccc3)C(C)(C)C)O2)c2ncnc(/N=C/N(C)C)c12. The first kappa shape index (κ1) is 30.6. The lowest BCUT2D eigenvalue weighted by Crippen LogP contribution is -2.67. The third-order valence-corrected chi connectivity index (χ3v) is 12.8. The van der Waals surface area contributed by atoms with E-state index in [2.05, 4.69) is 96.1 Å². The summed E-state index contributed by atoms with van der Waals surface area (Å²) >= 11 is 0. The van der Waals surface area contributed by atoms with Crippen LogP contribution in [0.1, 0.15) is 52.3 Å². The smallest absolute Gasteiger partial charge is 0.261 e. The second-order valence-electron chi connectivity index (χ2n) is 12.1. The number of rotatable bonds is 8. The molecule has 2 aromatic heterocycles. The van der Waals surface area contributed by atoms with Gasteiger partial charge in [-0.15, -0.1) is 0 Å². The van der Waals surface area contributed by atoms with Crippen molar-refractivity contribution in [2.45, 2.75) is 64.0 Å². The molecule has 3 unspecified atom stereocenters. The number of aromatic nitrogens is 3. The van der Waals surface area contributed by atoms with Gasteiger partial charge in [-0.1, -0.05) is 100 Å². The van der Waals surface area contributed by atoms with Gasteiger partial charge in [0.05, 0.1) is 30.0 Å². The minimum Gasteiger partial charge on any atom is -0.405 e. The molecule has 1 saturated heterocycles. The van der Waals surface area contributed by atoms with Gasteiger partial charge in [-0.05, 0) is 15.4 Å². The number of aliphatic hydroxyl groups is 1. The molecule has 0 amide bonds. The van der Waals surface area contributed by atoms with Crippen molar-refractivity contribution in [3.8, 4) is 11.8 Å². The molecule has 4 aromatic rings. The van der Waals surface area contributed by atoms with Crippen molar-refractivity contribution in [3.05, 3.63) is 78.8 Å². The molecular formula is C34H41N5O3Si. The second kappa shape index (κ2) is 12.8. The molecule has 0 saturated carbocycles. The molecule has 3 heterocycles. The molecule has 8 nitrogen and oxygen atoms in total. The van der Waals surface area contributed by atoms with Crippen molar-refractivity contribution in [2.75, 3.05) is 20.7 Å². The van der Waals surface area contributed by atoms with E-state index in [9.17, 15) is 5.11 Å². The van der Waals surface area contributed by atoms with Crippen LogP contribution < -0.4 is 10.4 Å². The number of hydrogen-bond acceptors (Lipinski definition) is 6. The lowest BCUT2D eigenvalue weighted by Gasteiger charge is -2.43. The molecule has 43 heavy (non-hydrogen) atoms. The van der Waals surface area contributed by atoms with Crippen LogP contribution in [-0.2, 0) is 9.16 Å². The lowest BCUT2D eigenvalue weighted by atomic mass is 10.2. The van der Waals surface area contributed by atoms with Gasteiger partial charge in [0.25, 0.3) is 8.32 Å². The Kier molecular flexibility index (Phi) is 9.13. The largest absolute Gasteiger partial charge is 0.405 e. The summed E-state index contributed by atoms with van der Waals surface area (Å²) in [5.41, 5.74) is 1.46. The molecular weight excluding hydrogens is 554 g/mol. The van der Waals surface area contributed by atoms with Crippen molar-refractivity contribution >= 4 is 41.9 Å². The molecule has 0 radical (unpaired) electrons. The summed E-state index contributed by atoms with van der Waals surface area (Å²) in [5.74, 6) is 6.96. The van der Waals surface area contributed by atoms with Crippen LogP contribution in [0.15, 0.2) is 78.2 Å². The van der Waals surface area contributed by atoms with Crippen LogP contribution in [-0.4, -0.2) is 72.1 Å². The van der Waals surface area contributed by atoms with E-state index in [1.807, 2.05) is 48.8 Å². The van der Waals surface area contributed by atoms with E-state index < -0.39 is 26.8 Å². The van der Waals surface area contributed by atoms with Gasteiger partial charge in [0.2, 0.25) is 0 Å². The number of aliphatic imine (C=N–C) groups is 1. The highest BCUT2D eigenvalue weighted by molar-refractivity contribution is 6.99. The molecule has 0 aliphatic carbocycles. The predicted octanol–water partition coefficient (Wildman–Crippen LogP) is 4.64. The number of hydrogen-bond donors (Lipinski definition) is 1. The van der Waals surface area contributed by atoms with Gasteiger partial charge in [0.15, 0.2) is 5.82 Å². The number of fused-ring (bicyclic) bond motifs is 1. The third kappa shape index (κ3) is 6.15. The first-order valence-electron chi connectivity index (χ1n) is 14.8. The Morgan fingerprint density at radius 1 is 1.09 bits per heavy atom. The van der Waals surface area contributed by atoms with Crippen LogP contribution in [0, 0.1) is 11.8 Å². The van der Waals surface area contributed by atoms with Gasteiger partial charge < -0.3 is 23.7 Å². The van der Waals surface area contributed by atoms with E-state index in [0.717, 1.165) is 17.4 Å². The normalized spacial score (nSPS) is 19.1. The maximum atomic E-state index is 11.3. The molecule has 1 fully saturated rings. The van der Waals surface area contributed by atoms with E-state index in [1.54, 1.807) is 6.34 Å². The maximum Gasteiger partial charge on any atom is 0.261 e. The summed E-state index contributed by atoms with van der Waals surface area (Å²) in [4.78, 5) is 15.5. The standard InChI is InChI=1S/C34H41N5O3Si/c1-7-8-15-25-21-39(33-31(25)32(35-23-36-33)37-24-38(5)6)30-20-28(40)29(42-30)22-41-43(34(2,3)4,26-16-11-9-12-17-26)27-18-13-10-14-19-27/h9-14,16-19,21,23-24,28-30,40H,7,20,22H2,1-6H3/b37-24+. The summed E-state index contributed by atoms with van der Waals surface area (Å²) < 4.78 is 15.6. The van der Waals surface area contributed by atoms with E-state index in [4.69, 9.17) is 9.16 Å². The molecule has 5 rings (SSSR count). The van der Waals surface area contributed by atoms with Crippen molar-refractivity contribution in [2.24, 2.45) is 4.99 Å². The average molecular weight is 596 g/mol. The summed E-state index contributed by atoms with van der Waals surface area (Å²) in [6.07, 6.45) is 4.62. The van der Waals surface area contributed by atoms with Crippen LogP contribution in [0.5, 0.6) is 0 Å². The Morgan fingerprint density at radius 2 is 1.74 bits per heavy atom. The third-order valence-electron chi connectivity index (χ3n) is 7.80. The average Bonchev–Trinajstić information content (AvgIpc) is 3.56. The zero-order chi connectivity index (χ0) is 30.6. The van der Waals surface area contributed by atoms with Crippen LogP contribution >= 0.6 is 0 Å². The fourth-order valence-corrected chi connectivity index (χ4v) is 10.4. The summed E-state index contributed by atoms with van der Waals surface area (Å²) in [6, 6.07) is 21.0. The molecule has 3 atom stereocenters. The van der Waals surface area contributed by atoms with Crippen LogP contribution in [0.2, 0.25) is 5.04 Å². The number of aliphatic hydroxyl groups excluding tert-OH is 1. The van der Waals surface area contributed by atoms with Crippen molar-refractivity contribution < 1.29 is 14.3 Å². The Morgan fingerprint density at radius 3 is 2.33 bits per heavy atom. The zero-order valence-corrected chi connectivity index (χ0v) is 26.9. The molecule has 9 heteroatoms. The Balaban J connectivity index is 1.48. The molecule has 224 valence electrons.